The quantitative estimate of drug-likeness (QED) is 0.819. The maximum atomic E-state index is 12.0. The zero-order valence-electron chi connectivity index (χ0n) is 8.97. The summed E-state index contributed by atoms with van der Waals surface area (Å²) in [6.07, 6.45) is 2.63. The number of likely N-dealkylation sites (tertiary alicyclic amines) is 1. The standard InChI is InChI=1S/C11H13NO4/c1-7-5-8(6-16-7)10(13)12-4-2-3-9(12)11(14)15/h5-6,9H,2-4H2,1H3,(H,14,15)/t9-/m1/s1. The molecule has 0 aromatic carbocycles. The van der Waals surface area contributed by atoms with Crippen LogP contribution in [0.4, 0.5) is 0 Å². The van der Waals surface area contributed by atoms with Crippen molar-refractivity contribution in [3.63, 3.8) is 0 Å². The molecule has 16 heavy (non-hydrogen) atoms. The van der Waals surface area contributed by atoms with E-state index in [0.717, 1.165) is 6.42 Å². The topological polar surface area (TPSA) is 70.8 Å². The van der Waals surface area contributed by atoms with E-state index in [-0.39, 0.29) is 5.91 Å². The van der Waals surface area contributed by atoms with Crippen molar-refractivity contribution < 1.29 is 19.1 Å². The SMILES string of the molecule is Cc1cc(C(=O)N2CCC[C@@H]2C(=O)O)co1. The van der Waals surface area contributed by atoms with Crippen molar-refractivity contribution in [1.82, 2.24) is 4.90 Å². The third kappa shape index (κ3) is 1.80. The Hall–Kier alpha value is -1.78. The van der Waals surface area contributed by atoms with E-state index >= 15 is 0 Å². The Morgan fingerprint density at radius 3 is 2.88 bits per heavy atom. The predicted molar refractivity (Wildman–Crippen MR) is 55.1 cm³/mol. The molecule has 1 aromatic rings. The van der Waals surface area contributed by atoms with Gasteiger partial charge in [-0.15, -0.1) is 0 Å². The summed E-state index contributed by atoms with van der Waals surface area (Å²) in [4.78, 5) is 24.3. The van der Waals surface area contributed by atoms with Crippen LogP contribution in [0.2, 0.25) is 0 Å². The van der Waals surface area contributed by atoms with Gasteiger partial charge in [0, 0.05) is 6.54 Å². The fourth-order valence-corrected chi connectivity index (χ4v) is 1.99. The van der Waals surface area contributed by atoms with Crippen molar-refractivity contribution in [1.29, 1.82) is 0 Å². The number of furan rings is 1. The first-order valence-corrected chi connectivity index (χ1v) is 5.18. The lowest BCUT2D eigenvalue weighted by atomic mass is 10.2. The van der Waals surface area contributed by atoms with Gasteiger partial charge in [0.05, 0.1) is 5.56 Å². The van der Waals surface area contributed by atoms with Gasteiger partial charge in [0.25, 0.3) is 5.91 Å². The van der Waals surface area contributed by atoms with Crippen molar-refractivity contribution in [2.24, 2.45) is 0 Å². The number of hydrogen-bond acceptors (Lipinski definition) is 3. The van der Waals surface area contributed by atoms with E-state index in [9.17, 15) is 9.59 Å². The van der Waals surface area contributed by atoms with Gasteiger partial charge in [0.1, 0.15) is 18.1 Å². The minimum Gasteiger partial charge on any atom is -0.480 e. The molecule has 0 saturated carbocycles. The van der Waals surface area contributed by atoms with E-state index in [1.165, 1.54) is 11.2 Å². The van der Waals surface area contributed by atoms with Crippen LogP contribution in [0.15, 0.2) is 16.7 Å². The van der Waals surface area contributed by atoms with Crippen LogP contribution in [-0.4, -0.2) is 34.5 Å². The van der Waals surface area contributed by atoms with Crippen molar-refractivity contribution in [2.75, 3.05) is 6.54 Å². The van der Waals surface area contributed by atoms with Gasteiger partial charge in [-0.3, -0.25) is 4.79 Å². The number of rotatable bonds is 2. The minimum atomic E-state index is -0.939. The summed E-state index contributed by atoms with van der Waals surface area (Å²) in [5.74, 6) is -0.553. The maximum Gasteiger partial charge on any atom is 0.326 e. The van der Waals surface area contributed by atoms with E-state index in [1.54, 1.807) is 13.0 Å². The van der Waals surface area contributed by atoms with Crippen molar-refractivity contribution in [3.05, 3.63) is 23.7 Å². The molecule has 1 aliphatic rings. The van der Waals surface area contributed by atoms with E-state index in [2.05, 4.69) is 0 Å². The van der Waals surface area contributed by atoms with Gasteiger partial charge in [0.15, 0.2) is 0 Å². The lowest BCUT2D eigenvalue weighted by Crippen LogP contribution is -2.40. The molecule has 2 rings (SSSR count). The fraction of sp³-hybridized carbons (Fsp3) is 0.455. The van der Waals surface area contributed by atoms with Gasteiger partial charge in [-0.25, -0.2) is 4.79 Å². The monoisotopic (exact) mass is 223 g/mol. The largest absolute Gasteiger partial charge is 0.480 e. The highest BCUT2D eigenvalue weighted by Crippen LogP contribution is 2.21. The number of amides is 1. The molecule has 1 amide bonds. The van der Waals surface area contributed by atoms with Crippen LogP contribution in [0, 0.1) is 6.92 Å². The van der Waals surface area contributed by atoms with Crippen LogP contribution >= 0.6 is 0 Å². The van der Waals surface area contributed by atoms with Crippen LogP contribution in [0.5, 0.6) is 0 Å². The summed E-state index contributed by atoms with van der Waals surface area (Å²) < 4.78 is 5.05. The Balaban J connectivity index is 2.18. The smallest absolute Gasteiger partial charge is 0.326 e. The number of carbonyl (C=O) groups excluding carboxylic acids is 1. The first kappa shape index (κ1) is 10.7. The van der Waals surface area contributed by atoms with E-state index in [0.29, 0.717) is 24.3 Å². The molecule has 5 nitrogen and oxygen atoms in total. The Kier molecular flexibility index (Phi) is 2.68. The highest BCUT2D eigenvalue weighted by atomic mass is 16.4. The molecule has 5 heteroatoms. The third-order valence-electron chi connectivity index (χ3n) is 2.78. The molecule has 0 spiro atoms. The summed E-state index contributed by atoms with van der Waals surface area (Å²) >= 11 is 0. The molecule has 1 fully saturated rings. The molecule has 1 saturated heterocycles. The lowest BCUT2D eigenvalue weighted by molar-refractivity contribution is -0.141. The minimum absolute atomic E-state index is 0.262. The lowest BCUT2D eigenvalue weighted by Gasteiger charge is -2.20. The summed E-state index contributed by atoms with van der Waals surface area (Å²) in [5.41, 5.74) is 0.422. The summed E-state index contributed by atoms with van der Waals surface area (Å²) in [6.45, 7) is 2.25. The zero-order chi connectivity index (χ0) is 11.7. The Bertz CT molecular complexity index is 423. The molecule has 0 radical (unpaired) electrons. The number of carboxylic acid groups (broad SMARTS) is 1. The van der Waals surface area contributed by atoms with Gasteiger partial charge in [-0.2, -0.15) is 0 Å². The number of hydrogen-bond donors (Lipinski definition) is 1. The van der Waals surface area contributed by atoms with Crippen molar-refractivity contribution in [3.8, 4) is 0 Å². The normalized spacial score (nSPS) is 20.1. The van der Waals surface area contributed by atoms with Gasteiger partial charge in [-0.05, 0) is 25.8 Å². The van der Waals surface area contributed by atoms with Gasteiger partial charge >= 0.3 is 5.97 Å². The molecular formula is C11H13NO4. The first-order chi connectivity index (χ1) is 7.59. The fourth-order valence-electron chi connectivity index (χ4n) is 1.99. The highest BCUT2D eigenvalue weighted by Gasteiger charge is 2.34. The number of carboxylic acids is 1. The van der Waals surface area contributed by atoms with Gasteiger partial charge < -0.3 is 14.4 Å². The summed E-state index contributed by atoms with van der Waals surface area (Å²) in [5, 5.41) is 8.97. The number of carbonyl (C=O) groups is 2. The van der Waals surface area contributed by atoms with Crippen LogP contribution < -0.4 is 0 Å². The Morgan fingerprint density at radius 1 is 1.56 bits per heavy atom. The van der Waals surface area contributed by atoms with E-state index in [1.807, 2.05) is 0 Å². The third-order valence-corrected chi connectivity index (χ3v) is 2.78. The van der Waals surface area contributed by atoms with Gasteiger partial charge in [0.2, 0.25) is 0 Å². The molecule has 0 unspecified atom stereocenters. The second-order valence-corrected chi connectivity index (χ2v) is 3.94. The number of nitrogens with zero attached hydrogens (tertiary/aromatic N) is 1. The molecule has 0 bridgehead atoms. The average molecular weight is 223 g/mol. The average Bonchev–Trinajstić information content (AvgIpc) is 2.84. The summed E-state index contributed by atoms with van der Waals surface area (Å²) in [6, 6.07) is 0.933. The number of aryl methyl sites for hydroxylation is 1. The Labute approximate surface area is 92.7 Å². The van der Waals surface area contributed by atoms with Crippen LogP contribution in [0.25, 0.3) is 0 Å². The maximum absolute atomic E-state index is 12.0. The second kappa shape index (κ2) is 4.00. The van der Waals surface area contributed by atoms with Crippen molar-refractivity contribution in [2.45, 2.75) is 25.8 Å². The molecule has 0 aliphatic carbocycles. The second-order valence-electron chi connectivity index (χ2n) is 3.94. The van der Waals surface area contributed by atoms with Crippen LogP contribution in [0.1, 0.15) is 29.0 Å². The summed E-state index contributed by atoms with van der Waals surface area (Å²) in [7, 11) is 0. The molecule has 86 valence electrons. The first-order valence-electron chi connectivity index (χ1n) is 5.18. The molecule has 1 aromatic heterocycles. The zero-order valence-corrected chi connectivity index (χ0v) is 8.97. The van der Waals surface area contributed by atoms with E-state index < -0.39 is 12.0 Å². The van der Waals surface area contributed by atoms with Crippen LogP contribution in [0.3, 0.4) is 0 Å². The van der Waals surface area contributed by atoms with E-state index in [4.69, 9.17) is 9.52 Å². The number of aliphatic carboxylic acids is 1. The molecule has 1 atom stereocenters. The van der Waals surface area contributed by atoms with Crippen LogP contribution in [-0.2, 0) is 4.79 Å². The van der Waals surface area contributed by atoms with Gasteiger partial charge in [-0.1, -0.05) is 0 Å². The molecule has 1 aliphatic heterocycles. The van der Waals surface area contributed by atoms with Crippen molar-refractivity contribution >= 4 is 11.9 Å². The molecule has 2 heterocycles. The Morgan fingerprint density at radius 2 is 2.31 bits per heavy atom. The molecular weight excluding hydrogens is 210 g/mol. The molecule has 1 N–H and O–H groups in total. The predicted octanol–water partition coefficient (Wildman–Crippen LogP) is 1.28. The highest BCUT2D eigenvalue weighted by molar-refractivity contribution is 5.96.